The topological polar surface area (TPSA) is 47.8 Å². The van der Waals surface area contributed by atoms with Crippen LogP contribution in [0.3, 0.4) is 0 Å². The average Bonchev–Trinajstić information content (AvgIpc) is 2.83. The van der Waals surface area contributed by atoms with E-state index < -0.39 is 0 Å². The molecule has 4 heteroatoms. The lowest BCUT2D eigenvalue weighted by atomic mass is 10.0. The second-order valence-electron chi connectivity index (χ2n) is 5.41. The van der Waals surface area contributed by atoms with Gasteiger partial charge in [-0.3, -0.25) is 9.36 Å². The van der Waals surface area contributed by atoms with Crippen molar-refractivity contribution in [1.29, 1.82) is 0 Å². The van der Waals surface area contributed by atoms with E-state index in [4.69, 9.17) is 0 Å². The van der Waals surface area contributed by atoms with E-state index in [1.165, 1.54) is 0 Å². The van der Waals surface area contributed by atoms with Gasteiger partial charge in [0.1, 0.15) is 5.82 Å². The van der Waals surface area contributed by atoms with Gasteiger partial charge in [-0.15, -0.1) is 0 Å². The maximum absolute atomic E-state index is 12.3. The Bertz CT molecular complexity index is 864. The molecular formula is C17H15N3O. The molecule has 1 aromatic carbocycles. The van der Waals surface area contributed by atoms with E-state index in [9.17, 15) is 4.79 Å². The maximum Gasteiger partial charge on any atom is 0.231 e. The third-order valence-corrected chi connectivity index (χ3v) is 4.06. The summed E-state index contributed by atoms with van der Waals surface area (Å²) in [6.45, 7) is 1.89. The molecule has 0 unspecified atom stereocenters. The molecule has 0 aliphatic carbocycles. The molecule has 104 valence electrons. The molecule has 21 heavy (non-hydrogen) atoms. The van der Waals surface area contributed by atoms with Gasteiger partial charge in [0.25, 0.3) is 0 Å². The second kappa shape index (κ2) is 4.52. The highest BCUT2D eigenvalue weighted by molar-refractivity contribution is 6.03. The summed E-state index contributed by atoms with van der Waals surface area (Å²) in [5.41, 5.74) is 4.07. The van der Waals surface area contributed by atoms with E-state index in [-0.39, 0.29) is 5.91 Å². The van der Waals surface area contributed by atoms with Crippen molar-refractivity contribution in [2.24, 2.45) is 0 Å². The molecule has 0 N–H and O–H groups in total. The first kappa shape index (κ1) is 12.3. The van der Waals surface area contributed by atoms with Crippen LogP contribution in [-0.4, -0.2) is 20.4 Å². The van der Waals surface area contributed by atoms with E-state index in [0.29, 0.717) is 6.42 Å². The number of rotatable bonds is 1. The van der Waals surface area contributed by atoms with Crippen molar-refractivity contribution >= 4 is 16.8 Å². The van der Waals surface area contributed by atoms with Crippen molar-refractivity contribution in [3.8, 4) is 11.3 Å². The molecule has 4 nitrogen and oxygen atoms in total. The minimum absolute atomic E-state index is 0.185. The number of hydrogen-bond acceptors (Lipinski definition) is 3. The molecule has 3 heterocycles. The molecule has 0 amide bonds. The summed E-state index contributed by atoms with van der Waals surface area (Å²) in [6.07, 6.45) is 4.22. The summed E-state index contributed by atoms with van der Waals surface area (Å²) >= 11 is 0. The van der Waals surface area contributed by atoms with Crippen LogP contribution in [0.15, 0.2) is 36.5 Å². The summed E-state index contributed by atoms with van der Waals surface area (Å²) in [7, 11) is 0. The molecule has 4 rings (SSSR count). The van der Waals surface area contributed by atoms with Gasteiger partial charge in [0.15, 0.2) is 0 Å². The van der Waals surface area contributed by atoms with Gasteiger partial charge >= 0.3 is 0 Å². The van der Waals surface area contributed by atoms with Crippen LogP contribution in [0.25, 0.3) is 22.2 Å². The number of carbonyl (C=O) groups is 1. The van der Waals surface area contributed by atoms with E-state index in [1.807, 2.05) is 35.8 Å². The van der Waals surface area contributed by atoms with Gasteiger partial charge in [-0.1, -0.05) is 18.2 Å². The zero-order valence-corrected chi connectivity index (χ0v) is 11.8. The van der Waals surface area contributed by atoms with Gasteiger partial charge in [0, 0.05) is 29.3 Å². The van der Waals surface area contributed by atoms with Gasteiger partial charge in [-0.25, -0.2) is 9.97 Å². The second-order valence-corrected chi connectivity index (χ2v) is 5.41. The Morgan fingerprint density at radius 2 is 2.00 bits per heavy atom. The Kier molecular flexibility index (Phi) is 2.64. The van der Waals surface area contributed by atoms with Gasteiger partial charge in [0.2, 0.25) is 5.91 Å². The van der Waals surface area contributed by atoms with Crippen LogP contribution in [0.1, 0.15) is 29.2 Å². The first-order valence-corrected chi connectivity index (χ1v) is 7.21. The monoisotopic (exact) mass is 277 g/mol. The number of hydrogen-bond donors (Lipinski definition) is 0. The van der Waals surface area contributed by atoms with Crippen molar-refractivity contribution in [3.63, 3.8) is 0 Å². The molecular weight excluding hydrogens is 262 g/mol. The largest absolute Gasteiger partial charge is 0.284 e. The Morgan fingerprint density at radius 1 is 1.14 bits per heavy atom. The van der Waals surface area contributed by atoms with Gasteiger partial charge < -0.3 is 0 Å². The molecule has 0 radical (unpaired) electrons. The van der Waals surface area contributed by atoms with E-state index in [2.05, 4.69) is 16.0 Å². The summed E-state index contributed by atoms with van der Waals surface area (Å²) in [6, 6.07) is 10.00. The quantitative estimate of drug-likeness (QED) is 0.685. The minimum Gasteiger partial charge on any atom is -0.284 e. The SMILES string of the molecule is Cc1nccc(-c2c3n(c4ccccc24)C(=O)CCC3)n1. The van der Waals surface area contributed by atoms with Crippen LogP contribution in [0.2, 0.25) is 0 Å². The fourth-order valence-electron chi connectivity index (χ4n) is 3.21. The molecule has 0 atom stereocenters. The number of para-hydroxylation sites is 1. The van der Waals surface area contributed by atoms with E-state index >= 15 is 0 Å². The van der Waals surface area contributed by atoms with Crippen LogP contribution in [0, 0.1) is 6.92 Å². The predicted octanol–water partition coefficient (Wildman–Crippen LogP) is 3.38. The third kappa shape index (κ3) is 1.79. The fourth-order valence-corrected chi connectivity index (χ4v) is 3.21. The number of nitrogens with zero attached hydrogens (tertiary/aromatic N) is 3. The first-order chi connectivity index (χ1) is 10.3. The number of fused-ring (bicyclic) bond motifs is 3. The van der Waals surface area contributed by atoms with Gasteiger partial charge in [0.05, 0.1) is 11.2 Å². The average molecular weight is 277 g/mol. The molecule has 0 fully saturated rings. The van der Waals surface area contributed by atoms with Gasteiger partial charge in [-0.2, -0.15) is 0 Å². The molecule has 0 bridgehead atoms. The lowest BCUT2D eigenvalue weighted by Crippen LogP contribution is -2.19. The highest BCUT2D eigenvalue weighted by Crippen LogP contribution is 2.36. The van der Waals surface area contributed by atoms with Crippen molar-refractivity contribution in [3.05, 3.63) is 48.0 Å². The van der Waals surface area contributed by atoms with Gasteiger partial charge in [-0.05, 0) is 31.9 Å². The minimum atomic E-state index is 0.185. The molecule has 3 aromatic rings. The third-order valence-electron chi connectivity index (χ3n) is 4.06. The Balaban J connectivity index is 2.12. The lowest BCUT2D eigenvalue weighted by Gasteiger charge is -2.15. The summed E-state index contributed by atoms with van der Waals surface area (Å²) < 4.78 is 1.88. The zero-order valence-electron chi connectivity index (χ0n) is 11.8. The summed E-state index contributed by atoms with van der Waals surface area (Å²) in [5, 5.41) is 1.10. The van der Waals surface area contributed by atoms with Crippen molar-refractivity contribution < 1.29 is 4.79 Å². The molecule has 0 saturated carbocycles. The zero-order chi connectivity index (χ0) is 14.4. The molecule has 2 aromatic heterocycles. The van der Waals surface area contributed by atoms with Crippen LogP contribution >= 0.6 is 0 Å². The highest BCUT2D eigenvalue weighted by Gasteiger charge is 2.25. The van der Waals surface area contributed by atoms with Crippen molar-refractivity contribution in [2.75, 3.05) is 0 Å². The highest BCUT2D eigenvalue weighted by atomic mass is 16.2. The first-order valence-electron chi connectivity index (χ1n) is 7.21. The van der Waals surface area contributed by atoms with Crippen LogP contribution in [0.5, 0.6) is 0 Å². The lowest BCUT2D eigenvalue weighted by molar-refractivity contribution is 0.0890. The number of benzene rings is 1. The summed E-state index contributed by atoms with van der Waals surface area (Å²) in [4.78, 5) is 21.1. The fraction of sp³-hybridized carbons (Fsp3) is 0.235. The smallest absolute Gasteiger partial charge is 0.231 e. The normalized spacial score (nSPS) is 14.4. The Labute approximate surface area is 122 Å². The standard InChI is InChI=1S/C17H15N3O/c1-11-18-10-9-13(19-11)17-12-5-2-3-6-14(12)20-15(17)7-4-8-16(20)21/h2-3,5-6,9-10H,4,7-8H2,1H3. The number of aryl methyl sites for hydroxylation is 1. The number of carbonyl (C=O) groups excluding carboxylic acids is 1. The predicted molar refractivity (Wildman–Crippen MR) is 81.3 cm³/mol. The maximum atomic E-state index is 12.3. The van der Waals surface area contributed by atoms with Crippen LogP contribution < -0.4 is 0 Å². The Morgan fingerprint density at radius 3 is 2.86 bits per heavy atom. The van der Waals surface area contributed by atoms with E-state index in [0.717, 1.165) is 46.5 Å². The Hall–Kier alpha value is -2.49. The molecule has 0 saturated heterocycles. The van der Waals surface area contributed by atoms with Crippen LogP contribution in [0.4, 0.5) is 0 Å². The molecule has 1 aliphatic heterocycles. The van der Waals surface area contributed by atoms with E-state index in [1.54, 1.807) is 6.20 Å². The van der Waals surface area contributed by atoms with Crippen LogP contribution in [-0.2, 0) is 6.42 Å². The molecule has 0 spiro atoms. The van der Waals surface area contributed by atoms with Crippen molar-refractivity contribution in [1.82, 2.24) is 14.5 Å². The number of aromatic nitrogens is 3. The van der Waals surface area contributed by atoms with Crippen molar-refractivity contribution in [2.45, 2.75) is 26.2 Å². The summed E-state index contributed by atoms with van der Waals surface area (Å²) in [5.74, 6) is 0.933. The molecule has 1 aliphatic rings.